The molecule has 0 fully saturated rings. The van der Waals surface area contributed by atoms with Gasteiger partial charge in [-0.3, -0.25) is 0 Å². The molecule has 37 heavy (non-hydrogen) atoms. The van der Waals surface area contributed by atoms with Crippen LogP contribution < -0.4 is 0 Å². The van der Waals surface area contributed by atoms with E-state index in [9.17, 15) is 70.2 Å². The van der Waals surface area contributed by atoms with E-state index in [0.717, 1.165) is 0 Å². The molecule has 0 aromatic rings. The molecule has 0 aliphatic carbocycles. The van der Waals surface area contributed by atoms with Crippen LogP contribution in [0.4, 0.5) is 70.2 Å². The van der Waals surface area contributed by atoms with E-state index in [-0.39, 0.29) is 0 Å². The van der Waals surface area contributed by atoms with Gasteiger partial charge in [-0.1, -0.05) is 0 Å². The summed E-state index contributed by atoms with van der Waals surface area (Å²) in [5.41, 5.74) is 0. The molecule has 4 atom stereocenters. The lowest BCUT2D eigenvalue weighted by Gasteiger charge is -2.40. The molecule has 0 aromatic heterocycles. The van der Waals surface area contributed by atoms with Crippen LogP contribution in [-0.2, 0) is 17.7 Å². The Labute approximate surface area is 196 Å². The normalized spacial score (nSPS) is 18.5. The van der Waals surface area contributed by atoms with Gasteiger partial charge < -0.3 is 27.9 Å². The van der Waals surface area contributed by atoms with Crippen molar-refractivity contribution in [1.29, 1.82) is 0 Å². The number of halogens is 16. The van der Waals surface area contributed by atoms with Crippen LogP contribution in [0.3, 0.4) is 0 Å². The van der Waals surface area contributed by atoms with Gasteiger partial charge in [0.05, 0.1) is 0 Å². The molecule has 6 nitrogen and oxygen atoms in total. The van der Waals surface area contributed by atoms with Crippen molar-refractivity contribution in [2.75, 3.05) is 13.2 Å². The summed E-state index contributed by atoms with van der Waals surface area (Å²) >= 11 is 0. The van der Waals surface area contributed by atoms with E-state index in [2.05, 4.69) is 17.7 Å². The van der Waals surface area contributed by atoms with Crippen molar-refractivity contribution in [2.24, 2.45) is 0 Å². The monoisotopic (exact) mass is 612 g/mol. The Hall–Kier alpha value is -1.14. The Balaban J connectivity index is 6.99. The number of alkyl halides is 16. The first-order valence-electron chi connectivity index (χ1n) is 9.13. The predicted octanol–water partition coefficient (Wildman–Crippen LogP) is 4.51. The van der Waals surface area contributed by atoms with Gasteiger partial charge in [-0.15, -0.1) is 0 Å². The number of hydrogen-bond donors (Lipinski definition) is 2. The van der Waals surface area contributed by atoms with Gasteiger partial charge in [0.25, 0.3) is 0 Å². The highest BCUT2D eigenvalue weighted by Crippen LogP contribution is 2.46. The summed E-state index contributed by atoms with van der Waals surface area (Å²) in [6, 6.07) is 0. The van der Waals surface area contributed by atoms with Crippen LogP contribution in [0.2, 0.25) is 0 Å². The van der Waals surface area contributed by atoms with Crippen molar-refractivity contribution in [3.8, 4) is 0 Å². The second-order valence-electron chi connectivity index (χ2n) is 6.68. The summed E-state index contributed by atoms with van der Waals surface area (Å²) in [7, 11) is -6.93. The van der Waals surface area contributed by atoms with Crippen LogP contribution in [0.15, 0.2) is 0 Å². The third-order valence-corrected chi connectivity index (χ3v) is 6.14. The molecule has 0 amide bonds. The molecular weight excluding hydrogens is 596 g/mol. The second-order valence-corrected chi connectivity index (χ2v) is 8.73. The van der Waals surface area contributed by atoms with Crippen molar-refractivity contribution >= 4 is 9.05 Å². The SMILES string of the molecule is CCO[Si](OCC)(OC(C(F)(F)F)C(F)(F)C(O)C(F)(F)F)OC(C(F)(F)F)C(F)(F)C(O)C(F)(F)F. The van der Waals surface area contributed by atoms with Crippen molar-refractivity contribution in [1.82, 2.24) is 0 Å². The summed E-state index contributed by atoms with van der Waals surface area (Å²) in [4.78, 5) is 0. The first kappa shape index (κ1) is 35.9. The van der Waals surface area contributed by atoms with Crippen molar-refractivity contribution in [2.45, 2.75) is 74.8 Å². The molecule has 0 saturated carbocycles. The summed E-state index contributed by atoms with van der Waals surface area (Å²) in [6.45, 7) is -1.40. The van der Waals surface area contributed by atoms with Gasteiger partial charge in [-0.25, -0.2) is 17.6 Å². The Morgan fingerprint density at radius 2 is 0.757 bits per heavy atom. The fourth-order valence-electron chi connectivity index (χ4n) is 2.30. The third-order valence-electron chi connectivity index (χ3n) is 3.81. The van der Waals surface area contributed by atoms with Gasteiger partial charge in [-0.05, 0) is 13.8 Å². The molecule has 224 valence electrons. The van der Waals surface area contributed by atoms with E-state index < -0.39 is 83.2 Å². The largest absolute Gasteiger partial charge is 0.681 e. The van der Waals surface area contributed by atoms with Crippen LogP contribution in [0.5, 0.6) is 0 Å². The van der Waals surface area contributed by atoms with Crippen molar-refractivity contribution < 1.29 is 98.2 Å². The molecule has 0 bridgehead atoms. The number of aliphatic hydroxyl groups excluding tert-OH is 2. The smallest absolute Gasteiger partial charge is 0.379 e. The first-order chi connectivity index (χ1) is 16.1. The molecule has 2 N–H and O–H groups in total. The molecule has 0 aromatic carbocycles. The number of rotatable bonds is 12. The fraction of sp³-hybridized carbons (Fsp3) is 1.00. The molecule has 0 rings (SSSR count). The van der Waals surface area contributed by atoms with E-state index in [0.29, 0.717) is 13.8 Å². The Kier molecular flexibility index (Phi) is 11.2. The minimum Gasteiger partial charge on any atom is -0.379 e. The zero-order chi connectivity index (χ0) is 30.1. The Morgan fingerprint density at radius 1 is 0.514 bits per heavy atom. The molecule has 23 heteroatoms. The molecule has 0 spiro atoms. The van der Waals surface area contributed by atoms with Crippen LogP contribution in [0.25, 0.3) is 0 Å². The minimum absolute atomic E-state index is 0.615. The lowest BCUT2D eigenvalue weighted by Crippen LogP contribution is -2.67. The lowest BCUT2D eigenvalue weighted by atomic mass is 10.1. The quantitative estimate of drug-likeness (QED) is 0.250. The summed E-state index contributed by atoms with van der Waals surface area (Å²) in [5, 5.41) is 17.4. The lowest BCUT2D eigenvalue weighted by molar-refractivity contribution is -0.351. The molecule has 0 saturated heterocycles. The van der Waals surface area contributed by atoms with Crippen molar-refractivity contribution in [3.05, 3.63) is 0 Å². The third kappa shape index (κ3) is 8.95. The summed E-state index contributed by atoms with van der Waals surface area (Å²) < 4.78 is 226. The predicted molar refractivity (Wildman–Crippen MR) is 84.9 cm³/mol. The highest BCUT2D eigenvalue weighted by atomic mass is 28.4. The van der Waals surface area contributed by atoms with E-state index in [1.807, 2.05) is 0 Å². The standard InChI is InChI=1S/C14H16F16O6Si/c1-3-33-37(34-4-2,35-7(13(25,26)27)9(15,16)5(31)11(19,20)21)36-8(14(28,29)30)10(17,18)6(32)12(22,23)24/h5-8,31-32H,3-4H2,1-2H3. The summed E-state index contributed by atoms with van der Waals surface area (Å²) in [6.07, 6.45) is -47.7. The maximum absolute atomic E-state index is 14.1. The fourth-order valence-corrected chi connectivity index (χ4v) is 4.58. The van der Waals surface area contributed by atoms with E-state index in [1.54, 1.807) is 0 Å². The molecule has 0 radical (unpaired) electrons. The summed E-state index contributed by atoms with van der Waals surface area (Å²) in [5.74, 6) is -13.1. The number of aliphatic hydroxyl groups is 2. The molecule has 4 unspecified atom stereocenters. The van der Waals surface area contributed by atoms with Gasteiger partial charge >= 0.3 is 45.6 Å². The molecule has 0 aliphatic heterocycles. The molecule has 0 aliphatic rings. The van der Waals surface area contributed by atoms with E-state index >= 15 is 0 Å². The zero-order valence-corrected chi connectivity index (χ0v) is 18.8. The average Bonchev–Trinajstić information content (AvgIpc) is 2.66. The maximum atomic E-state index is 14.1. The number of hydrogen-bond acceptors (Lipinski definition) is 6. The topological polar surface area (TPSA) is 77.4 Å². The average molecular weight is 612 g/mol. The van der Waals surface area contributed by atoms with Crippen molar-refractivity contribution in [3.63, 3.8) is 0 Å². The molecule has 0 heterocycles. The van der Waals surface area contributed by atoms with Crippen LogP contribution >= 0.6 is 0 Å². The van der Waals surface area contributed by atoms with Gasteiger partial charge in [-0.2, -0.15) is 52.7 Å². The van der Waals surface area contributed by atoms with Gasteiger partial charge in [0.1, 0.15) is 0 Å². The van der Waals surface area contributed by atoms with Gasteiger partial charge in [0, 0.05) is 13.2 Å². The highest BCUT2D eigenvalue weighted by molar-refractivity contribution is 6.53. The Morgan fingerprint density at radius 3 is 0.919 bits per heavy atom. The van der Waals surface area contributed by atoms with E-state index in [1.165, 1.54) is 0 Å². The van der Waals surface area contributed by atoms with Crippen LogP contribution in [-0.4, -0.2) is 93.4 Å². The highest BCUT2D eigenvalue weighted by Gasteiger charge is 2.73. The van der Waals surface area contributed by atoms with Crippen LogP contribution in [0, 0.1) is 0 Å². The molecular formula is C14H16F16O6Si. The van der Waals surface area contributed by atoms with Gasteiger partial charge in [0.15, 0.2) is 0 Å². The maximum Gasteiger partial charge on any atom is 0.681 e. The van der Waals surface area contributed by atoms with E-state index in [4.69, 9.17) is 10.2 Å². The first-order valence-corrected chi connectivity index (χ1v) is 10.8. The van der Waals surface area contributed by atoms with Gasteiger partial charge in [0.2, 0.25) is 24.4 Å². The van der Waals surface area contributed by atoms with Crippen LogP contribution in [0.1, 0.15) is 13.8 Å². The second kappa shape index (κ2) is 11.5. The Bertz CT molecular complexity index is 661. The minimum atomic E-state index is -6.93. The zero-order valence-electron chi connectivity index (χ0n) is 17.8.